The van der Waals surface area contributed by atoms with Crippen molar-refractivity contribution in [3.63, 3.8) is 0 Å². The highest BCUT2D eigenvalue weighted by atomic mass is 16.2. The molecule has 1 aromatic carbocycles. The molecule has 0 spiro atoms. The van der Waals surface area contributed by atoms with Gasteiger partial charge in [-0.05, 0) is 37.3 Å². The molecule has 3 aromatic rings. The van der Waals surface area contributed by atoms with Crippen molar-refractivity contribution < 1.29 is 9.59 Å². The van der Waals surface area contributed by atoms with Crippen LogP contribution in [-0.4, -0.2) is 69.0 Å². The summed E-state index contributed by atoms with van der Waals surface area (Å²) in [6.07, 6.45) is 4.11. The summed E-state index contributed by atoms with van der Waals surface area (Å²) >= 11 is 0. The molecular formula is C21H24N6O2. The van der Waals surface area contributed by atoms with E-state index >= 15 is 0 Å². The maximum atomic E-state index is 13.1. The van der Waals surface area contributed by atoms with Crippen LogP contribution in [0.4, 0.5) is 0 Å². The van der Waals surface area contributed by atoms with E-state index in [0.717, 1.165) is 36.0 Å². The molecular weight excluding hydrogens is 368 g/mol. The number of aromatic amines is 1. The van der Waals surface area contributed by atoms with Crippen molar-refractivity contribution in [1.29, 1.82) is 0 Å². The van der Waals surface area contributed by atoms with Gasteiger partial charge in [0, 0.05) is 38.3 Å². The average molecular weight is 392 g/mol. The molecule has 0 aliphatic carbocycles. The fourth-order valence-corrected chi connectivity index (χ4v) is 3.84. The largest absolute Gasteiger partial charge is 0.343 e. The Balaban J connectivity index is 1.47. The second kappa shape index (κ2) is 7.98. The normalized spacial score (nSPS) is 16.8. The summed E-state index contributed by atoms with van der Waals surface area (Å²) < 4.78 is 0. The first kappa shape index (κ1) is 19.0. The molecule has 0 bridgehead atoms. The summed E-state index contributed by atoms with van der Waals surface area (Å²) in [5.41, 5.74) is 2.56. The van der Waals surface area contributed by atoms with Gasteiger partial charge in [-0.25, -0.2) is 9.97 Å². The number of carbonyl (C=O) groups is 2. The van der Waals surface area contributed by atoms with E-state index in [2.05, 4.69) is 20.2 Å². The van der Waals surface area contributed by atoms with Crippen LogP contribution in [0.15, 0.2) is 36.7 Å². The quantitative estimate of drug-likeness (QED) is 0.734. The number of piperidine rings is 1. The molecule has 8 nitrogen and oxygen atoms in total. The summed E-state index contributed by atoms with van der Waals surface area (Å²) in [7, 11) is 3.40. The monoisotopic (exact) mass is 392 g/mol. The molecule has 150 valence electrons. The summed E-state index contributed by atoms with van der Waals surface area (Å²) in [5, 5.41) is 8.03. The predicted molar refractivity (Wildman–Crippen MR) is 108 cm³/mol. The van der Waals surface area contributed by atoms with Crippen molar-refractivity contribution in [2.24, 2.45) is 5.92 Å². The summed E-state index contributed by atoms with van der Waals surface area (Å²) in [4.78, 5) is 37.0. The predicted octanol–water partition coefficient (Wildman–Crippen LogP) is 2.15. The van der Waals surface area contributed by atoms with Crippen molar-refractivity contribution in [2.45, 2.75) is 19.3 Å². The highest BCUT2D eigenvalue weighted by Crippen LogP contribution is 2.24. The zero-order valence-corrected chi connectivity index (χ0v) is 16.6. The minimum Gasteiger partial charge on any atom is -0.343 e. The molecule has 1 aliphatic rings. The fraction of sp³-hybridized carbons (Fsp3) is 0.381. The number of H-pyrrole nitrogens is 1. The molecule has 0 radical (unpaired) electrons. The average Bonchev–Trinajstić information content (AvgIpc) is 3.17. The zero-order valence-electron chi connectivity index (χ0n) is 16.6. The van der Waals surface area contributed by atoms with Gasteiger partial charge in [-0.3, -0.25) is 14.7 Å². The fourth-order valence-electron chi connectivity index (χ4n) is 3.84. The summed E-state index contributed by atoms with van der Waals surface area (Å²) in [6, 6.07) is 9.42. The second-order valence-corrected chi connectivity index (χ2v) is 7.68. The Kier molecular flexibility index (Phi) is 5.24. The smallest absolute Gasteiger partial charge is 0.275 e. The van der Waals surface area contributed by atoms with E-state index in [1.165, 1.54) is 11.2 Å². The van der Waals surface area contributed by atoms with Gasteiger partial charge in [0.25, 0.3) is 11.8 Å². The van der Waals surface area contributed by atoms with Crippen LogP contribution in [0.1, 0.15) is 39.5 Å². The molecule has 2 aromatic heterocycles. The summed E-state index contributed by atoms with van der Waals surface area (Å²) in [6.45, 7) is 1.38. The number of nitrogens with zero attached hydrogens (tertiary/aromatic N) is 5. The number of carbonyl (C=O) groups excluding carboxylic acids is 2. The Hall–Kier alpha value is -3.29. The van der Waals surface area contributed by atoms with E-state index in [9.17, 15) is 9.59 Å². The van der Waals surface area contributed by atoms with Gasteiger partial charge >= 0.3 is 0 Å². The molecule has 8 heteroatoms. The lowest BCUT2D eigenvalue weighted by molar-refractivity contribution is 0.0668. The van der Waals surface area contributed by atoms with Gasteiger partial charge < -0.3 is 9.80 Å². The summed E-state index contributed by atoms with van der Waals surface area (Å²) in [5.74, 6) is 0.105. The van der Waals surface area contributed by atoms with E-state index in [-0.39, 0.29) is 17.7 Å². The van der Waals surface area contributed by atoms with Gasteiger partial charge in [0.2, 0.25) is 0 Å². The Morgan fingerprint density at radius 1 is 1.24 bits per heavy atom. The van der Waals surface area contributed by atoms with Crippen molar-refractivity contribution in [2.75, 3.05) is 27.2 Å². The van der Waals surface area contributed by atoms with Gasteiger partial charge in [0.05, 0.1) is 5.52 Å². The first-order valence-corrected chi connectivity index (χ1v) is 9.78. The van der Waals surface area contributed by atoms with E-state index in [1.54, 1.807) is 20.2 Å². The Morgan fingerprint density at radius 3 is 2.90 bits per heavy atom. The maximum absolute atomic E-state index is 13.1. The van der Waals surface area contributed by atoms with E-state index in [0.29, 0.717) is 24.4 Å². The van der Waals surface area contributed by atoms with Crippen LogP contribution in [0.25, 0.3) is 10.9 Å². The number of hydrogen-bond acceptors (Lipinski definition) is 5. The van der Waals surface area contributed by atoms with Gasteiger partial charge in [0.1, 0.15) is 12.0 Å². The lowest BCUT2D eigenvalue weighted by Crippen LogP contribution is -2.40. The highest BCUT2D eigenvalue weighted by molar-refractivity contribution is 6.04. The molecule has 1 N–H and O–H groups in total. The molecule has 1 aliphatic heterocycles. The van der Waals surface area contributed by atoms with Crippen molar-refractivity contribution in [3.05, 3.63) is 53.7 Å². The number of likely N-dealkylation sites (tertiary alicyclic amines) is 1. The second-order valence-electron chi connectivity index (χ2n) is 7.68. The molecule has 0 saturated carbocycles. The Labute approximate surface area is 168 Å². The third-order valence-electron chi connectivity index (χ3n) is 5.33. The van der Waals surface area contributed by atoms with Crippen molar-refractivity contribution >= 4 is 22.7 Å². The molecule has 29 heavy (non-hydrogen) atoms. The van der Waals surface area contributed by atoms with Crippen LogP contribution in [0.3, 0.4) is 0 Å². The highest BCUT2D eigenvalue weighted by Gasteiger charge is 2.27. The number of nitrogens with one attached hydrogen (secondary N) is 1. The van der Waals surface area contributed by atoms with Gasteiger partial charge in [0.15, 0.2) is 5.69 Å². The Bertz CT molecular complexity index is 1040. The van der Waals surface area contributed by atoms with Crippen LogP contribution < -0.4 is 0 Å². The molecule has 4 rings (SSSR count). The number of rotatable bonds is 4. The minimum absolute atomic E-state index is 0.0432. The van der Waals surface area contributed by atoms with Crippen LogP contribution in [0, 0.1) is 5.92 Å². The molecule has 2 amide bonds. The lowest BCUT2D eigenvalue weighted by Gasteiger charge is -2.32. The van der Waals surface area contributed by atoms with E-state index < -0.39 is 0 Å². The number of aromatic nitrogens is 4. The van der Waals surface area contributed by atoms with E-state index in [4.69, 9.17) is 0 Å². The standard InChI is InChI=1S/C21H24N6O2/c1-26(2)20(28)18-11-15(22-13-23-18)10-14-6-5-9-27(12-14)21(29)19-16-7-3-4-8-17(16)24-25-19/h3-4,7-8,11,13-14H,5-6,9-10,12H2,1-2H3,(H,24,25)/t14-/m0/s1. The number of fused-ring (bicyclic) bond motifs is 1. The van der Waals surface area contributed by atoms with E-state index in [1.807, 2.05) is 29.2 Å². The van der Waals surface area contributed by atoms with Crippen LogP contribution >= 0.6 is 0 Å². The third-order valence-corrected chi connectivity index (χ3v) is 5.33. The number of benzene rings is 1. The molecule has 1 saturated heterocycles. The number of amides is 2. The number of para-hydroxylation sites is 1. The SMILES string of the molecule is CN(C)C(=O)c1cc(C[C@@H]2CCCN(C(=O)c3n[nH]c4ccccc34)C2)ncn1. The Morgan fingerprint density at radius 2 is 2.07 bits per heavy atom. The molecule has 1 fully saturated rings. The topological polar surface area (TPSA) is 95.1 Å². The molecule has 1 atom stereocenters. The third kappa shape index (κ3) is 3.96. The first-order chi connectivity index (χ1) is 14.0. The molecule has 0 unspecified atom stereocenters. The van der Waals surface area contributed by atoms with Crippen molar-refractivity contribution in [3.8, 4) is 0 Å². The van der Waals surface area contributed by atoms with Crippen LogP contribution in [-0.2, 0) is 6.42 Å². The zero-order chi connectivity index (χ0) is 20.4. The van der Waals surface area contributed by atoms with Gasteiger partial charge in [-0.1, -0.05) is 18.2 Å². The minimum atomic E-state index is -0.139. The van der Waals surface area contributed by atoms with Crippen molar-refractivity contribution in [1.82, 2.24) is 30.0 Å². The first-order valence-electron chi connectivity index (χ1n) is 9.78. The van der Waals surface area contributed by atoms with Crippen LogP contribution in [0.5, 0.6) is 0 Å². The maximum Gasteiger partial charge on any atom is 0.275 e. The molecule has 3 heterocycles. The number of hydrogen-bond donors (Lipinski definition) is 1. The van der Waals surface area contributed by atoms with Gasteiger partial charge in [-0.2, -0.15) is 5.10 Å². The van der Waals surface area contributed by atoms with Gasteiger partial charge in [-0.15, -0.1) is 0 Å². The van der Waals surface area contributed by atoms with Crippen LogP contribution in [0.2, 0.25) is 0 Å². The lowest BCUT2D eigenvalue weighted by atomic mass is 9.92.